The summed E-state index contributed by atoms with van der Waals surface area (Å²) < 4.78 is 27.6. The second kappa shape index (κ2) is 9.45. The summed E-state index contributed by atoms with van der Waals surface area (Å²) in [5, 5.41) is 2.78. The molecule has 1 aromatic heterocycles. The molecule has 0 atom stereocenters. The van der Waals surface area contributed by atoms with Crippen LogP contribution in [-0.2, 0) is 14.8 Å². The van der Waals surface area contributed by atoms with Gasteiger partial charge in [-0.3, -0.25) is 14.1 Å². The molecule has 4 rings (SSSR count). The van der Waals surface area contributed by atoms with E-state index in [1.165, 1.54) is 24.5 Å². The molecule has 0 fully saturated rings. The van der Waals surface area contributed by atoms with Crippen molar-refractivity contribution in [3.8, 4) is 11.1 Å². The molecule has 0 spiro atoms. The first kappa shape index (κ1) is 21.3. The van der Waals surface area contributed by atoms with Crippen LogP contribution in [0.2, 0.25) is 0 Å². The van der Waals surface area contributed by atoms with Crippen LogP contribution in [-0.4, -0.2) is 25.9 Å². The average Bonchev–Trinajstić information content (AvgIpc) is 2.84. The minimum Gasteiger partial charge on any atom is -0.325 e. The molecule has 0 aliphatic heterocycles. The predicted molar refractivity (Wildman–Crippen MR) is 126 cm³/mol. The molecule has 1 amide bonds. The molecular weight excluding hydrogens is 422 g/mol. The van der Waals surface area contributed by atoms with E-state index in [9.17, 15) is 13.2 Å². The maximum Gasteiger partial charge on any atom is 0.264 e. The summed E-state index contributed by atoms with van der Waals surface area (Å²) in [6.45, 7) is -0.373. The van der Waals surface area contributed by atoms with Gasteiger partial charge in [-0.05, 0) is 47.5 Å². The van der Waals surface area contributed by atoms with E-state index in [-0.39, 0.29) is 11.4 Å². The number of rotatable bonds is 7. The van der Waals surface area contributed by atoms with Gasteiger partial charge < -0.3 is 5.32 Å². The van der Waals surface area contributed by atoms with Crippen molar-refractivity contribution in [1.82, 2.24) is 4.98 Å². The van der Waals surface area contributed by atoms with Gasteiger partial charge in [-0.15, -0.1) is 0 Å². The van der Waals surface area contributed by atoms with Gasteiger partial charge in [-0.1, -0.05) is 60.7 Å². The van der Waals surface area contributed by atoms with E-state index in [1.807, 2.05) is 42.5 Å². The molecular formula is C25H21N3O3S. The maximum absolute atomic E-state index is 13.2. The first-order valence-corrected chi connectivity index (χ1v) is 11.4. The van der Waals surface area contributed by atoms with Crippen LogP contribution in [0, 0.1) is 0 Å². The fourth-order valence-corrected chi connectivity index (χ4v) is 4.69. The summed E-state index contributed by atoms with van der Waals surface area (Å²) in [5.41, 5.74) is 3.04. The van der Waals surface area contributed by atoms with E-state index in [1.54, 1.807) is 42.5 Å². The molecule has 0 aliphatic carbocycles. The number of amides is 1. The number of hydrogen-bond acceptors (Lipinski definition) is 4. The molecule has 0 saturated heterocycles. The standard InChI is InChI=1S/C25H21N3O3S/c29-25(27-22-13-11-21(12-14-22)20-7-3-1-4-8-20)19-28(23-15-17-26-18-16-23)32(30,31)24-9-5-2-6-10-24/h1-18H,19H2,(H,27,29). The van der Waals surface area contributed by atoms with E-state index in [0.717, 1.165) is 15.4 Å². The number of carbonyl (C=O) groups excluding carboxylic acids is 1. The number of sulfonamides is 1. The first-order chi connectivity index (χ1) is 15.5. The molecule has 7 heteroatoms. The number of anilines is 2. The molecule has 32 heavy (non-hydrogen) atoms. The zero-order valence-electron chi connectivity index (χ0n) is 17.1. The Morgan fingerprint density at radius 2 is 1.31 bits per heavy atom. The second-order valence-electron chi connectivity index (χ2n) is 7.02. The van der Waals surface area contributed by atoms with Crippen molar-refractivity contribution in [2.75, 3.05) is 16.2 Å². The second-order valence-corrected chi connectivity index (χ2v) is 8.88. The minimum atomic E-state index is -3.94. The van der Waals surface area contributed by atoms with Crippen molar-refractivity contribution >= 4 is 27.3 Å². The number of aromatic nitrogens is 1. The van der Waals surface area contributed by atoms with Crippen molar-refractivity contribution in [2.24, 2.45) is 0 Å². The number of benzene rings is 3. The Bertz CT molecular complexity index is 1280. The Kier molecular flexibility index (Phi) is 6.28. The lowest BCUT2D eigenvalue weighted by Crippen LogP contribution is -2.38. The van der Waals surface area contributed by atoms with E-state index in [0.29, 0.717) is 11.4 Å². The largest absolute Gasteiger partial charge is 0.325 e. The fourth-order valence-electron chi connectivity index (χ4n) is 3.25. The monoisotopic (exact) mass is 443 g/mol. The van der Waals surface area contributed by atoms with Gasteiger partial charge >= 0.3 is 0 Å². The quantitative estimate of drug-likeness (QED) is 0.453. The van der Waals surface area contributed by atoms with Crippen LogP contribution in [0.4, 0.5) is 11.4 Å². The van der Waals surface area contributed by atoms with Crippen LogP contribution < -0.4 is 9.62 Å². The molecule has 4 aromatic rings. The van der Waals surface area contributed by atoms with Gasteiger partial charge in [0.05, 0.1) is 10.6 Å². The summed E-state index contributed by atoms with van der Waals surface area (Å²) in [6.07, 6.45) is 2.98. The van der Waals surface area contributed by atoms with Crippen LogP contribution in [0.25, 0.3) is 11.1 Å². The van der Waals surface area contributed by atoms with Crippen molar-refractivity contribution in [3.63, 3.8) is 0 Å². The highest BCUT2D eigenvalue weighted by atomic mass is 32.2. The van der Waals surface area contributed by atoms with Gasteiger partial charge in [0.1, 0.15) is 6.54 Å². The number of carbonyl (C=O) groups is 1. The lowest BCUT2D eigenvalue weighted by Gasteiger charge is -2.24. The number of nitrogens with one attached hydrogen (secondary N) is 1. The van der Waals surface area contributed by atoms with Crippen LogP contribution in [0.3, 0.4) is 0 Å². The molecule has 0 aliphatic rings. The van der Waals surface area contributed by atoms with E-state index >= 15 is 0 Å². The van der Waals surface area contributed by atoms with Crippen LogP contribution in [0.1, 0.15) is 0 Å². The first-order valence-electron chi connectivity index (χ1n) is 9.97. The Hall–Kier alpha value is -3.97. The molecule has 0 unspecified atom stereocenters. The summed E-state index contributed by atoms with van der Waals surface area (Å²) >= 11 is 0. The molecule has 1 heterocycles. The molecule has 0 saturated carbocycles. The van der Waals surface area contributed by atoms with Gasteiger partial charge in [0.15, 0.2) is 0 Å². The molecule has 1 N–H and O–H groups in total. The smallest absolute Gasteiger partial charge is 0.264 e. The Balaban J connectivity index is 1.54. The van der Waals surface area contributed by atoms with E-state index in [2.05, 4.69) is 10.3 Å². The fraction of sp³-hybridized carbons (Fsp3) is 0.0400. The Morgan fingerprint density at radius 1 is 0.750 bits per heavy atom. The Labute approximate surface area is 187 Å². The number of nitrogens with zero attached hydrogens (tertiary/aromatic N) is 2. The lowest BCUT2D eigenvalue weighted by atomic mass is 10.1. The number of pyridine rings is 1. The third-order valence-electron chi connectivity index (χ3n) is 4.84. The van der Waals surface area contributed by atoms with Gasteiger partial charge in [0.25, 0.3) is 10.0 Å². The zero-order chi connectivity index (χ0) is 22.4. The number of hydrogen-bond donors (Lipinski definition) is 1. The highest BCUT2D eigenvalue weighted by molar-refractivity contribution is 7.92. The third-order valence-corrected chi connectivity index (χ3v) is 6.63. The predicted octanol–water partition coefficient (Wildman–Crippen LogP) is 4.58. The van der Waals surface area contributed by atoms with Crippen molar-refractivity contribution in [2.45, 2.75) is 4.90 Å². The third kappa shape index (κ3) is 4.84. The lowest BCUT2D eigenvalue weighted by molar-refractivity contribution is -0.114. The molecule has 160 valence electrons. The Morgan fingerprint density at radius 3 is 1.94 bits per heavy atom. The molecule has 3 aromatic carbocycles. The van der Waals surface area contributed by atoms with Crippen LogP contribution in [0.5, 0.6) is 0 Å². The van der Waals surface area contributed by atoms with Crippen LogP contribution in [0.15, 0.2) is 114 Å². The zero-order valence-corrected chi connectivity index (χ0v) is 17.9. The molecule has 0 bridgehead atoms. The highest BCUT2D eigenvalue weighted by Gasteiger charge is 2.27. The maximum atomic E-state index is 13.2. The summed E-state index contributed by atoms with van der Waals surface area (Å²) in [7, 11) is -3.94. The van der Waals surface area contributed by atoms with Gasteiger partial charge in [-0.2, -0.15) is 0 Å². The topological polar surface area (TPSA) is 79.4 Å². The van der Waals surface area contributed by atoms with Crippen LogP contribution >= 0.6 is 0 Å². The highest BCUT2D eigenvalue weighted by Crippen LogP contribution is 2.24. The minimum absolute atomic E-state index is 0.108. The molecule has 6 nitrogen and oxygen atoms in total. The van der Waals surface area contributed by atoms with Gasteiger partial charge in [0.2, 0.25) is 5.91 Å². The normalized spacial score (nSPS) is 11.0. The van der Waals surface area contributed by atoms with Gasteiger partial charge in [-0.25, -0.2) is 8.42 Å². The van der Waals surface area contributed by atoms with Gasteiger partial charge in [0, 0.05) is 18.1 Å². The van der Waals surface area contributed by atoms with E-state index in [4.69, 9.17) is 0 Å². The summed E-state index contributed by atoms with van der Waals surface area (Å²) in [5.74, 6) is -0.450. The van der Waals surface area contributed by atoms with Crippen molar-refractivity contribution < 1.29 is 13.2 Å². The van der Waals surface area contributed by atoms with E-state index < -0.39 is 15.9 Å². The summed E-state index contributed by atoms with van der Waals surface area (Å²) in [4.78, 5) is 16.8. The SMILES string of the molecule is O=C(CN(c1ccncc1)S(=O)(=O)c1ccccc1)Nc1ccc(-c2ccccc2)cc1. The molecule has 0 radical (unpaired) electrons. The van der Waals surface area contributed by atoms with Crippen molar-refractivity contribution in [3.05, 3.63) is 109 Å². The van der Waals surface area contributed by atoms with Crippen molar-refractivity contribution in [1.29, 1.82) is 0 Å². The average molecular weight is 444 g/mol. The summed E-state index contributed by atoms with van der Waals surface area (Å²) in [6, 6.07) is 28.5.